The molecular weight excluding hydrogens is 407 g/mol. The number of hydrogen-bond donors (Lipinski definition) is 0. The zero-order valence-electron chi connectivity index (χ0n) is 15.4. The maximum atomic E-state index is 13.9. The molecule has 5 nitrogen and oxygen atoms in total. The average Bonchev–Trinajstić information content (AvgIpc) is 3.30. The highest BCUT2D eigenvalue weighted by molar-refractivity contribution is 7.90. The van der Waals surface area contributed by atoms with E-state index in [4.69, 9.17) is 9.47 Å². The lowest BCUT2D eigenvalue weighted by Crippen LogP contribution is -2.32. The third-order valence-corrected chi connectivity index (χ3v) is 6.58. The topological polar surface area (TPSA) is 57.5 Å². The van der Waals surface area contributed by atoms with E-state index < -0.39 is 28.4 Å². The van der Waals surface area contributed by atoms with Crippen LogP contribution in [0.2, 0.25) is 0 Å². The molecule has 1 aliphatic rings. The minimum atomic E-state index is -4.68. The van der Waals surface area contributed by atoms with Gasteiger partial charge in [0.15, 0.2) is 6.29 Å². The Labute approximate surface area is 165 Å². The first-order chi connectivity index (χ1) is 13.7. The van der Waals surface area contributed by atoms with Crippen molar-refractivity contribution >= 4 is 20.9 Å². The molecule has 29 heavy (non-hydrogen) atoms. The largest absolute Gasteiger partial charge is 0.400 e. The molecule has 9 heteroatoms. The van der Waals surface area contributed by atoms with E-state index in [-0.39, 0.29) is 34.6 Å². The first-order valence-electron chi connectivity index (χ1n) is 8.92. The number of para-hydroxylation sites is 1. The van der Waals surface area contributed by atoms with Crippen molar-refractivity contribution in [2.45, 2.75) is 30.2 Å². The number of aromatic nitrogens is 1. The molecule has 0 saturated carbocycles. The van der Waals surface area contributed by atoms with Crippen LogP contribution < -0.4 is 0 Å². The average molecular weight is 425 g/mol. The van der Waals surface area contributed by atoms with E-state index in [1.54, 1.807) is 24.3 Å². The van der Waals surface area contributed by atoms with Gasteiger partial charge in [0.25, 0.3) is 10.0 Å². The quantitative estimate of drug-likeness (QED) is 0.629. The van der Waals surface area contributed by atoms with Gasteiger partial charge in [-0.1, -0.05) is 35.9 Å². The lowest BCUT2D eigenvalue weighted by molar-refractivity contribution is -0.207. The van der Waals surface area contributed by atoms with Crippen LogP contribution in [0, 0.1) is 6.92 Å². The van der Waals surface area contributed by atoms with E-state index in [0.29, 0.717) is 0 Å². The number of hydrogen-bond acceptors (Lipinski definition) is 4. The molecule has 154 valence electrons. The van der Waals surface area contributed by atoms with Crippen LogP contribution in [0.5, 0.6) is 0 Å². The Morgan fingerprint density at radius 2 is 1.66 bits per heavy atom. The second-order valence-corrected chi connectivity index (χ2v) is 8.66. The smallest absolute Gasteiger partial charge is 0.349 e. The summed E-state index contributed by atoms with van der Waals surface area (Å²) in [5.74, 6) is -2.11. The van der Waals surface area contributed by atoms with Gasteiger partial charge in [0.2, 0.25) is 0 Å². The summed E-state index contributed by atoms with van der Waals surface area (Å²) in [5, 5.41) is 0.185. The number of ether oxygens (including phenoxy) is 2. The van der Waals surface area contributed by atoms with Crippen molar-refractivity contribution in [2.24, 2.45) is 0 Å². The van der Waals surface area contributed by atoms with Crippen molar-refractivity contribution in [2.75, 3.05) is 13.2 Å². The Bertz CT molecular complexity index is 1130. The van der Waals surface area contributed by atoms with E-state index in [0.717, 1.165) is 15.7 Å². The molecule has 4 rings (SSSR count). The standard InChI is InChI=1S/C20H18F3NO4S/c1-13-6-8-14(9-7-13)29(25,26)24-12-16(15-4-2-3-5-17(15)24)18(20(21,22)23)19-27-10-11-28-19/h2-9,12,18-19H,10-11H2,1H3. The molecule has 0 aliphatic carbocycles. The molecule has 3 aromatic rings. The van der Waals surface area contributed by atoms with Gasteiger partial charge in [-0.15, -0.1) is 0 Å². The SMILES string of the molecule is Cc1ccc(S(=O)(=O)n2cc(C(C3OCCO3)C(F)(F)F)c3ccccc32)cc1. The molecule has 0 radical (unpaired) electrons. The van der Waals surface area contributed by atoms with Crippen LogP contribution in [0.1, 0.15) is 17.0 Å². The van der Waals surface area contributed by atoms with Crippen LogP contribution in [-0.2, 0) is 19.5 Å². The lowest BCUT2D eigenvalue weighted by Gasteiger charge is -2.24. The molecule has 1 aliphatic heterocycles. The predicted molar refractivity (Wildman–Crippen MR) is 100 cm³/mol. The highest BCUT2D eigenvalue weighted by atomic mass is 32.2. The zero-order valence-corrected chi connectivity index (χ0v) is 16.2. The first-order valence-corrected chi connectivity index (χ1v) is 10.4. The van der Waals surface area contributed by atoms with Crippen LogP contribution in [0.3, 0.4) is 0 Å². The third-order valence-electron chi connectivity index (χ3n) is 4.89. The van der Waals surface area contributed by atoms with Crippen molar-refractivity contribution in [1.82, 2.24) is 3.97 Å². The van der Waals surface area contributed by atoms with Crippen molar-refractivity contribution in [3.8, 4) is 0 Å². The summed E-state index contributed by atoms with van der Waals surface area (Å²) in [6.07, 6.45) is -5.17. The molecular formula is C20H18F3NO4S. The molecule has 1 unspecified atom stereocenters. The number of aryl methyl sites for hydroxylation is 1. The van der Waals surface area contributed by atoms with Gasteiger partial charge in [0.1, 0.15) is 5.92 Å². The first kappa shape index (κ1) is 19.9. The summed E-state index contributed by atoms with van der Waals surface area (Å²) in [7, 11) is -4.10. The fourth-order valence-corrected chi connectivity index (χ4v) is 4.87. The summed E-state index contributed by atoms with van der Waals surface area (Å²) in [4.78, 5) is -0.00710. The van der Waals surface area contributed by atoms with Crippen LogP contribution in [0.25, 0.3) is 10.9 Å². The summed E-state index contributed by atoms with van der Waals surface area (Å²) in [6.45, 7) is 1.92. The van der Waals surface area contributed by atoms with Gasteiger partial charge in [0.05, 0.1) is 23.6 Å². The minimum Gasteiger partial charge on any atom is -0.349 e. The summed E-state index contributed by atoms with van der Waals surface area (Å²) < 4.78 is 79.4. The van der Waals surface area contributed by atoms with Gasteiger partial charge in [-0.2, -0.15) is 13.2 Å². The highest BCUT2D eigenvalue weighted by Gasteiger charge is 2.50. The van der Waals surface area contributed by atoms with E-state index >= 15 is 0 Å². The third kappa shape index (κ3) is 3.54. The molecule has 1 aromatic heterocycles. The van der Waals surface area contributed by atoms with Crippen LogP contribution in [0.4, 0.5) is 13.2 Å². The molecule has 1 atom stereocenters. The maximum Gasteiger partial charge on any atom is 0.400 e. The fourth-order valence-electron chi connectivity index (χ4n) is 3.49. The van der Waals surface area contributed by atoms with Crippen LogP contribution in [-0.4, -0.2) is 38.1 Å². The maximum absolute atomic E-state index is 13.9. The molecule has 0 amide bonds. The van der Waals surface area contributed by atoms with Gasteiger partial charge in [-0.25, -0.2) is 12.4 Å². The normalized spacial score (nSPS) is 17.1. The number of rotatable bonds is 4. The molecule has 1 saturated heterocycles. The number of halogens is 3. The summed E-state index contributed by atoms with van der Waals surface area (Å²) >= 11 is 0. The van der Waals surface area contributed by atoms with Crippen molar-refractivity contribution in [3.05, 3.63) is 65.9 Å². The number of nitrogens with zero attached hydrogens (tertiary/aromatic N) is 1. The lowest BCUT2D eigenvalue weighted by atomic mass is 9.97. The van der Waals surface area contributed by atoms with E-state index in [1.807, 2.05) is 6.92 Å². The van der Waals surface area contributed by atoms with E-state index in [2.05, 4.69) is 0 Å². The van der Waals surface area contributed by atoms with Crippen LogP contribution in [0.15, 0.2) is 59.6 Å². The van der Waals surface area contributed by atoms with Gasteiger partial charge in [0, 0.05) is 11.6 Å². The van der Waals surface area contributed by atoms with Crippen molar-refractivity contribution < 1.29 is 31.1 Å². The molecule has 2 aromatic carbocycles. The van der Waals surface area contributed by atoms with Crippen LogP contribution >= 0.6 is 0 Å². The van der Waals surface area contributed by atoms with E-state index in [9.17, 15) is 21.6 Å². The zero-order chi connectivity index (χ0) is 20.8. The van der Waals surface area contributed by atoms with Gasteiger partial charge < -0.3 is 9.47 Å². The monoisotopic (exact) mass is 425 g/mol. The Morgan fingerprint density at radius 1 is 1.03 bits per heavy atom. The van der Waals surface area contributed by atoms with Crippen molar-refractivity contribution in [1.29, 1.82) is 0 Å². The van der Waals surface area contributed by atoms with Gasteiger partial charge in [-0.05, 0) is 30.7 Å². The number of alkyl halides is 3. The molecule has 0 bridgehead atoms. The Balaban J connectivity index is 1.93. The summed E-state index contributed by atoms with van der Waals surface area (Å²) in [5.41, 5.74) is 0.834. The Morgan fingerprint density at radius 3 is 2.28 bits per heavy atom. The van der Waals surface area contributed by atoms with Gasteiger partial charge >= 0.3 is 6.18 Å². The Hall–Kier alpha value is -2.36. The molecule has 0 N–H and O–H groups in total. The molecule has 0 spiro atoms. The second kappa shape index (κ2) is 7.16. The highest BCUT2D eigenvalue weighted by Crippen LogP contribution is 2.44. The Kier molecular flexibility index (Phi) is 4.92. The summed E-state index contributed by atoms with van der Waals surface area (Å²) in [6, 6.07) is 12.2. The minimum absolute atomic E-state index is 0.00710. The van der Waals surface area contributed by atoms with Gasteiger partial charge in [-0.3, -0.25) is 0 Å². The fraction of sp³-hybridized carbons (Fsp3) is 0.300. The predicted octanol–water partition coefficient (Wildman–Crippen LogP) is 4.21. The second-order valence-electron chi connectivity index (χ2n) is 6.84. The number of benzene rings is 2. The molecule has 1 fully saturated rings. The van der Waals surface area contributed by atoms with E-state index in [1.165, 1.54) is 24.3 Å². The van der Waals surface area contributed by atoms with Crippen molar-refractivity contribution in [3.63, 3.8) is 0 Å². The number of fused-ring (bicyclic) bond motifs is 1. The molecule has 2 heterocycles.